The molecule has 10 N–H and O–H groups in total. The summed E-state index contributed by atoms with van der Waals surface area (Å²) in [4.78, 5) is 92.6. The largest absolute Gasteiger partial charge is 0.492 e. The second kappa shape index (κ2) is 21.9. The molecule has 1 saturated heterocycles. The third-order valence-corrected chi connectivity index (χ3v) is 13.0. The first-order valence-corrected chi connectivity index (χ1v) is 24.3. The highest BCUT2D eigenvalue weighted by Gasteiger charge is 2.50. The van der Waals surface area contributed by atoms with E-state index in [0.717, 1.165) is 29.0 Å². The molecule has 5 rings (SSSR count). The molecule has 0 radical (unpaired) electrons. The highest BCUT2D eigenvalue weighted by Crippen LogP contribution is 2.61. The van der Waals surface area contributed by atoms with Crippen molar-refractivity contribution in [2.75, 3.05) is 44.4 Å². The molecule has 7 atom stereocenters. The van der Waals surface area contributed by atoms with Crippen LogP contribution in [-0.2, 0) is 52.4 Å². The molecule has 7 unspecified atom stereocenters. The van der Waals surface area contributed by atoms with E-state index in [4.69, 9.17) is 24.3 Å². The van der Waals surface area contributed by atoms with E-state index >= 15 is 0 Å². The second-order valence-corrected chi connectivity index (χ2v) is 19.7. The molecule has 1 fully saturated rings. The fourth-order valence-electron chi connectivity index (χ4n) is 5.73. The number of ether oxygens (including phenoxy) is 2. The molecule has 1 aromatic carbocycles. The minimum atomic E-state index is -5.59. The number of imidazole rings is 2. The normalized spacial score (nSPS) is 20.3. The quantitative estimate of drug-likeness (QED) is 0.0336. The number of amides is 2. The second-order valence-electron chi connectivity index (χ2n) is 14.4. The van der Waals surface area contributed by atoms with E-state index in [-0.39, 0.29) is 47.4 Å². The number of nitrogen functional groups attached to an aromatic ring is 1. The molecule has 64 heavy (non-hydrogen) atoms. The summed E-state index contributed by atoms with van der Waals surface area (Å²) in [7, 11) is -16.4. The molecular weight excluding hydrogens is 935 g/mol. The van der Waals surface area contributed by atoms with Crippen molar-refractivity contribution in [3.8, 4) is 5.75 Å². The molecule has 0 saturated carbocycles. The van der Waals surface area contributed by atoms with Crippen LogP contribution < -0.4 is 21.1 Å². The maximum Gasteiger partial charge on any atom is 0.481 e. The molecule has 0 bridgehead atoms. The lowest BCUT2D eigenvalue weighted by Gasteiger charge is -2.30. The first-order chi connectivity index (χ1) is 30.0. The number of benzene rings is 1. The lowest BCUT2D eigenvalue weighted by Crippen LogP contribution is -2.46. The number of phosphoric acid groups is 3. The van der Waals surface area contributed by atoms with Gasteiger partial charge in [0, 0.05) is 48.6 Å². The fourth-order valence-corrected chi connectivity index (χ4v) is 9.25. The summed E-state index contributed by atoms with van der Waals surface area (Å²) in [5.74, 6) is -0.650. The Morgan fingerprint density at radius 1 is 1.00 bits per heavy atom. The van der Waals surface area contributed by atoms with Gasteiger partial charge < -0.3 is 60.2 Å². The van der Waals surface area contributed by atoms with E-state index < -0.39 is 84.6 Å². The van der Waals surface area contributed by atoms with Gasteiger partial charge in [-0.25, -0.2) is 33.6 Å². The predicted molar refractivity (Wildman–Crippen MR) is 221 cm³/mol. The standard InChI is InChI=1S/C33H46N9O18P3S/c1-33(2,27(45)30(46)37-8-7-23(43)36-10-14-64-32(47)20-3-5-21(6-4-20)55-13-12-41-11-9-35-18-41)16-57-63(53,54)60-62(51,52)56-15-22-26(59-61(48,49)50)25(44)31(58-22)42-19-40-24-28(34)38-17-39-29(24)42/h3-6,9,11,17-19,22,25-27,31,44-45H,7-8,10,12-16H2,1-2H3,(H,36,43)(H,37,46)(H,51,52)(H,53,54)(H2,34,38,39)(H2,48,49,50). The number of hydrogen-bond donors (Lipinski definition) is 9. The number of carbonyl (C=O) groups is 3. The summed E-state index contributed by atoms with van der Waals surface area (Å²) in [6.07, 6.45) is -1.85. The third kappa shape index (κ3) is 14.7. The van der Waals surface area contributed by atoms with Crippen LogP contribution in [0.25, 0.3) is 11.2 Å². The number of nitrogens with two attached hydrogens (primary N) is 1. The van der Waals surface area contributed by atoms with Crippen molar-refractivity contribution in [2.45, 2.75) is 57.5 Å². The number of carbonyl (C=O) groups excluding carboxylic acids is 3. The number of nitrogens with one attached hydrogen (secondary N) is 2. The average Bonchev–Trinajstić information content (AvgIpc) is 3.97. The third-order valence-electron chi connectivity index (χ3n) is 9.00. The summed E-state index contributed by atoms with van der Waals surface area (Å²) < 4.78 is 69.9. The number of aliphatic hydroxyl groups excluding tert-OH is 2. The van der Waals surface area contributed by atoms with Gasteiger partial charge in [-0.05, 0) is 24.3 Å². The minimum absolute atomic E-state index is 0.0254. The first-order valence-electron chi connectivity index (χ1n) is 18.8. The van der Waals surface area contributed by atoms with Gasteiger partial charge in [0.2, 0.25) is 16.9 Å². The fraction of sp³-hybridized carbons (Fsp3) is 0.485. The van der Waals surface area contributed by atoms with E-state index in [0.29, 0.717) is 24.5 Å². The van der Waals surface area contributed by atoms with Gasteiger partial charge in [-0.2, -0.15) is 4.31 Å². The van der Waals surface area contributed by atoms with Crippen LogP contribution in [0.1, 0.15) is 36.9 Å². The molecular formula is C33H46N9O18P3S. The maximum atomic E-state index is 12.7. The molecule has 1 aliphatic rings. The van der Waals surface area contributed by atoms with Gasteiger partial charge in [0.25, 0.3) is 0 Å². The number of anilines is 1. The topological polar surface area (TPSA) is 391 Å². The van der Waals surface area contributed by atoms with Gasteiger partial charge >= 0.3 is 23.5 Å². The molecule has 4 aromatic rings. The SMILES string of the molecule is CC(C)(COP(=O)(O)OP(=O)(O)OCC1OC(n2cnc3c(N)ncnc32)C(O)C1OP(=O)(O)O)C(O)C(=O)NCCC(=O)NCCSC(=O)c1ccc(OCCn2ccnc2)cc1. The van der Waals surface area contributed by atoms with E-state index in [2.05, 4.69) is 39.4 Å². The van der Waals surface area contributed by atoms with Crippen LogP contribution >= 0.6 is 35.2 Å². The summed E-state index contributed by atoms with van der Waals surface area (Å²) in [6.45, 7) is 1.40. The Kier molecular flexibility index (Phi) is 17.3. The van der Waals surface area contributed by atoms with Crippen molar-refractivity contribution in [3.05, 3.63) is 61.2 Å². The lowest BCUT2D eigenvalue weighted by atomic mass is 9.87. The van der Waals surface area contributed by atoms with E-state index in [1.807, 2.05) is 10.8 Å². The Morgan fingerprint density at radius 2 is 1.72 bits per heavy atom. The number of aromatic nitrogens is 6. The van der Waals surface area contributed by atoms with Gasteiger partial charge in [0.05, 0.1) is 32.4 Å². The number of phosphoric ester groups is 3. The maximum absolute atomic E-state index is 12.7. The van der Waals surface area contributed by atoms with E-state index in [1.54, 1.807) is 36.8 Å². The summed E-state index contributed by atoms with van der Waals surface area (Å²) in [5.41, 5.74) is 4.69. The highest BCUT2D eigenvalue weighted by atomic mass is 32.2. The number of fused-ring (bicyclic) bond motifs is 1. The van der Waals surface area contributed by atoms with Crippen molar-refractivity contribution in [2.24, 2.45) is 5.41 Å². The van der Waals surface area contributed by atoms with Crippen LogP contribution in [0.2, 0.25) is 0 Å². The molecule has 27 nitrogen and oxygen atoms in total. The molecule has 1 aliphatic heterocycles. The van der Waals surface area contributed by atoms with Crippen molar-refractivity contribution in [1.82, 2.24) is 39.7 Å². The van der Waals surface area contributed by atoms with E-state index in [9.17, 15) is 57.9 Å². The Morgan fingerprint density at radius 3 is 2.41 bits per heavy atom. The monoisotopic (exact) mass is 981 g/mol. The Hall–Kier alpha value is -4.21. The molecule has 0 spiro atoms. The summed E-state index contributed by atoms with van der Waals surface area (Å²) in [6, 6.07) is 6.63. The van der Waals surface area contributed by atoms with Crippen LogP contribution in [0.5, 0.6) is 5.75 Å². The molecule has 2 amide bonds. The van der Waals surface area contributed by atoms with Crippen LogP contribution in [0.4, 0.5) is 5.82 Å². The van der Waals surface area contributed by atoms with Gasteiger partial charge in [0.1, 0.15) is 48.6 Å². The number of rotatable bonds is 24. The number of aliphatic hydroxyl groups is 2. The number of thioether (sulfide) groups is 1. The zero-order chi connectivity index (χ0) is 46.9. The Balaban J connectivity index is 1.00. The first kappa shape index (κ1) is 50.8. The van der Waals surface area contributed by atoms with Crippen molar-refractivity contribution >= 4 is 69.1 Å². The minimum Gasteiger partial charge on any atom is -0.492 e. The van der Waals surface area contributed by atoms with Gasteiger partial charge in [0.15, 0.2) is 17.7 Å². The number of hydrogen-bond acceptors (Lipinski definition) is 20. The molecule has 352 valence electrons. The lowest BCUT2D eigenvalue weighted by molar-refractivity contribution is -0.137. The van der Waals surface area contributed by atoms with Gasteiger partial charge in [-0.1, -0.05) is 25.6 Å². The number of nitrogens with zero attached hydrogens (tertiary/aromatic N) is 6. The molecule has 0 aliphatic carbocycles. The van der Waals surface area contributed by atoms with Gasteiger partial charge in [-0.15, -0.1) is 0 Å². The van der Waals surface area contributed by atoms with Crippen LogP contribution in [0.3, 0.4) is 0 Å². The highest BCUT2D eigenvalue weighted by molar-refractivity contribution is 8.14. The average molecular weight is 982 g/mol. The Labute approximate surface area is 367 Å². The smallest absolute Gasteiger partial charge is 0.481 e. The summed E-state index contributed by atoms with van der Waals surface area (Å²) >= 11 is 0.994. The Bertz CT molecular complexity index is 2370. The van der Waals surface area contributed by atoms with Crippen LogP contribution in [0.15, 0.2) is 55.6 Å². The predicted octanol–water partition coefficient (Wildman–Crippen LogP) is 0.254. The molecule has 3 aromatic heterocycles. The van der Waals surface area contributed by atoms with Crippen LogP contribution in [0, 0.1) is 5.41 Å². The zero-order valence-corrected chi connectivity index (χ0v) is 37.3. The van der Waals surface area contributed by atoms with Crippen molar-refractivity contribution in [3.63, 3.8) is 0 Å². The van der Waals surface area contributed by atoms with Crippen LogP contribution in [-0.4, -0.2) is 139 Å². The van der Waals surface area contributed by atoms with Gasteiger partial charge in [-0.3, -0.25) is 32.5 Å². The van der Waals surface area contributed by atoms with E-state index in [1.165, 1.54) is 13.8 Å². The van der Waals surface area contributed by atoms with Crippen molar-refractivity contribution in [1.29, 1.82) is 0 Å². The zero-order valence-electron chi connectivity index (χ0n) is 33.8. The molecule has 4 heterocycles. The van der Waals surface area contributed by atoms with Crippen molar-refractivity contribution < 1.29 is 85.2 Å². The summed E-state index contributed by atoms with van der Waals surface area (Å²) in [5, 5.41) is 26.3. The molecule has 31 heteroatoms.